The Morgan fingerprint density at radius 3 is 2.25 bits per heavy atom. The summed E-state index contributed by atoms with van der Waals surface area (Å²) in [4.78, 5) is 43.5. The van der Waals surface area contributed by atoms with Crippen molar-refractivity contribution in [3.63, 3.8) is 0 Å². The molecule has 3 amide bonds. The van der Waals surface area contributed by atoms with Crippen molar-refractivity contribution in [3.8, 4) is 0 Å². The number of amides is 3. The molecule has 1 fully saturated rings. The van der Waals surface area contributed by atoms with Crippen LogP contribution in [0.15, 0.2) is 42.5 Å². The molecule has 2 aromatic rings. The number of fused-ring (bicyclic) bond motifs is 1. The molecule has 7 heteroatoms. The van der Waals surface area contributed by atoms with Crippen LogP contribution in [0.2, 0.25) is 0 Å². The number of benzene rings is 2. The largest absolute Gasteiger partial charge is 0.326 e. The van der Waals surface area contributed by atoms with E-state index in [2.05, 4.69) is 22.0 Å². The number of aryl methyl sites for hydroxylation is 1. The van der Waals surface area contributed by atoms with Crippen molar-refractivity contribution in [1.82, 2.24) is 14.7 Å². The number of carbonyl (C=O) groups is 3. The number of likely N-dealkylation sites (N-methyl/N-ethyl adjacent to an activating group) is 1. The summed E-state index contributed by atoms with van der Waals surface area (Å²) in [6.07, 6.45) is 0.0634. The summed E-state index contributed by atoms with van der Waals surface area (Å²) in [7, 11) is 0. The number of imide groups is 1. The molecule has 0 bridgehead atoms. The fourth-order valence-electron chi connectivity index (χ4n) is 4.26. The Labute approximate surface area is 189 Å². The molecule has 32 heavy (non-hydrogen) atoms. The van der Waals surface area contributed by atoms with Crippen molar-refractivity contribution in [2.75, 3.05) is 44.6 Å². The minimum absolute atomic E-state index is 0.0634. The minimum atomic E-state index is -0.332. The SMILES string of the molecule is CCN1CCN(Cc2ccc(NC(=O)CCN3C(=O)c4ccc(C)cc4C3=O)cc2)CC1. The molecular formula is C25H30N4O3. The molecule has 1 saturated heterocycles. The van der Waals surface area contributed by atoms with E-state index >= 15 is 0 Å². The molecule has 0 aliphatic carbocycles. The molecule has 2 aliphatic rings. The minimum Gasteiger partial charge on any atom is -0.326 e. The number of carbonyl (C=O) groups excluding carboxylic acids is 3. The van der Waals surface area contributed by atoms with Gasteiger partial charge in [0.25, 0.3) is 11.8 Å². The zero-order valence-corrected chi connectivity index (χ0v) is 18.8. The maximum Gasteiger partial charge on any atom is 0.261 e. The van der Waals surface area contributed by atoms with Gasteiger partial charge in [0, 0.05) is 51.4 Å². The predicted octanol–water partition coefficient (Wildman–Crippen LogP) is 2.76. The maximum atomic E-state index is 12.5. The fourth-order valence-corrected chi connectivity index (χ4v) is 4.26. The number of anilines is 1. The molecule has 4 rings (SSSR count). The van der Waals surface area contributed by atoms with E-state index in [9.17, 15) is 14.4 Å². The molecule has 168 valence electrons. The van der Waals surface area contributed by atoms with E-state index < -0.39 is 0 Å². The van der Waals surface area contributed by atoms with Gasteiger partial charge in [-0.3, -0.25) is 24.2 Å². The summed E-state index contributed by atoms with van der Waals surface area (Å²) < 4.78 is 0. The number of hydrogen-bond donors (Lipinski definition) is 1. The van der Waals surface area contributed by atoms with Gasteiger partial charge in [0.05, 0.1) is 11.1 Å². The molecule has 0 atom stereocenters. The van der Waals surface area contributed by atoms with Gasteiger partial charge >= 0.3 is 0 Å². The monoisotopic (exact) mass is 434 g/mol. The van der Waals surface area contributed by atoms with E-state index in [1.54, 1.807) is 12.1 Å². The third-order valence-corrected chi connectivity index (χ3v) is 6.24. The predicted molar refractivity (Wildman–Crippen MR) is 124 cm³/mol. The molecule has 0 spiro atoms. The lowest BCUT2D eigenvalue weighted by Crippen LogP contribution is -2.45. The quantitative estimate of drug-likeness (QED) is 0.679. The van der Waals surface area contributed by atoms with Crippen LogP contribution in [-0.2, 0) is 11.3 Å². The molecule has 2 heterocycles. The third kappa shape index (κ3) is 4.89. The number of nitrogens with zero attached hydrogens (tertiary/aromatic N) is 3. The third-order valence-electron chi connectivity index (χ3n) is 6.24. The topological polar surface area (TPSA) is 73.0 Å². The molecular weight excluding hydrogens is 404 g/mol. The first-order valence-electron chi connectivity index (χ1n) is 11.2. The first-order valence-corrected chi connectivity index (χ1v) is 11.2. The van der Waals surface area contributed by atoms with E-state index in [4.69, 9.17) is 0 Å². The summed E-state index contributed by atoms with van der Waals surface area (Å²) in [5.74, 6) is -0.881. The summed E-state index contributed by atoms with van der Waals surface area (Å²) in [5.41, 5.74) is 3.69. The van der Waals surface area contributed by atoms with Gasteiger partial charge in [-0.25, -0.2) is 0 Å². The van der Waals surface area contributed by atoms with Gasteiger partial charge in [-0.05, 0) is 43.3 Å². The fraction of sp³-hybridized carbons (Fsp3) is 0.400. The molecule has 0 unspecified atom stereocenters. The van der Waals surface area contributed by atoms with Gasteiger partial charge in [0.15, 0.2) is 0 Å². The molecule has 2 aromatic carbocycles. The van der Waals surface area contributed by atoms with Crippen LogP contribution >= 0.6 is 0 Å². The van der Waals surface area contributed by atoms with Crippen molar-refractivity contribution < 1.29 is 14.4 Å². The first-order chi connectivity index (χ1) is 15.4. The van der Waals surface area contributed by atoms with Crippen LogP contribution < -0.4 is 5.32 Å². The van der Waals surface area contributed by atoms with Crippen LogP contribution in [0, 0.1) is 6.92 Å². The number of nitrogens with one attached hydrogen (secondary N) is 1. The van der Waals surface area contributed by atoms with Gasteiger partial charge in [-0.15, -0.1) is 0 Å². The van der Waals surface area contributed by atoms with Gasteiger partial charge in [-0.1, -0.05) is 30.7 Å². The van der Waals surface area contributed by atoms with Gasteiger partial charge in [0.1, 0.15) is 0 Å². The first kappa shape index (κ1) is 22.2. The number of hydrogen-bond acceptors (Lipinski definition) is 5. The molecule has 1 N–H and O–H groups in total. The van der Waals surface area contributed by atoms with Gasteiger partial charge < -0.3 is 10.2 Å². The Bertz CT molecular complexity index is 1010. The van der Waals surface area contributed by atoms with Crippen LogP contribution in [-0.4, -0.2) is 71.7 Å². The molecule has 0 radical (unpaired) electrons. The lowest BCUT2D eigenvalue weighted by Gasteiger charge is -2.34. The van der Waals surface area contributed by atoms with Crippen LogP contribution in [0.4, 0.5) is 5.69 Å². The van der Waals surface area contributed by atoms with Crippen molar-refractivity contribution in [2.24, 2.45) is 0 Å². The zero-order chi connectivity index (χ0) is 22.7. The standard InChI is InChI=1S/C25H30N4O3/c1-3-27-12-14-28(15-13-27)17-19-5-7-20(8-6-19)26-23(30)10-11-29-24(31)21-9-4-18(2)16-22(21)25(29)32/h4-9,16H,3,10-15,17H2,1-2H3,(H,26,30). The maximum absolute atomic E-state index is 12.5. The summed E-state index contributed by atoms with van der Waals surface area (Å²) in [6, 6.07) is 13.1. The second-order valence-electron chi connectivity index (χ2n) is 8.52. The molecule has 0 saturated carbocycles. The lowest BCUT2D eigenvalue weighted by atomic mass is 10.1. The average molecular weight is 435 g/mol. The molecule has 2 aliphatic heterocycles. The number of piperazine rings is 1. The van der Waals surface area contributed by atoms with Gasteiger partial charge in [0.2, 0.25) is 5.91 Å². The zero-order valence-electron chi connectivity index (χ0n) is 18.8. The van der Waals surface area contributed by atoms with E-state index in [-0.39, 0.29) is 30.7 Å². The second-order valence-corrected chi connectivity index (χ2v) is 8.52. The van der Waals surface area contributed by atoms with Crippen molar-refractivity contribution >= 4 is 23.4 Å². The van der Waals surface area contributed by atoms with Crippen molar-refractivity contribution in [1.29, 1.82) is 0 Å². The number of rotatable bonds is 7. The summed E-state index contributed by atoms with van der Waals surface area (Å²) >= 11 is 0. The van der Waals surface area contributed by atoms with Crippen LogP contribution in [0.25, 0.3) is 0 Å². The van der Waals surface area contributed by atoms with Gasteiger partial charge in [-0.2, -0.15) is 0 Å². The highest BCUT2D eigenvalue weighted by atomic mass is 16.2. The lowest BCUT2D eigenvalue weighted by molar-refractivity contribution is -0.116. The smallest absolute Gasteiger partial charge is 0.261 e. The summed E-state index contributed by atoms with van der Waals surface area (Å²) in [6.45, 7) is 10.5. The Balaban J connectivity index is 1.26. The Morgan fingerprint density at radius 1 is 0.906 bits per heavy atom. The van der Waals surface area contributed by atoms with Crippen molar-refractivity contribution in [2.45, 2.75) is 26.8 Å². The van der Waals surface area contributed by atoms with Crippen LogP contribution in [0.3, 0.4) is 0 Å². The average Bonchev–Trinajstić information content (AvgIpc) is 3.03. The van der Waals surface area contributed by atoms with Crippen LogP contribution in [0.1, 0.15) is 45.2 Å². The van der Waals surface area contributed by atoms with Crippen molar-refractivity contribution in [3.05, 3.63) is 64.7 Å². The Morgan fingerprint density at radius 2 is 1.56 bits per heavy atom. The normalized spacial score (nSPS) is 17.0. The second kappa shape index (κ2) is 9.63. The van der Waals surface area contributed by atoms with E-state index in [1.807, 2.05) is 37.3 Å². The molecule has 0 aromatic heterocycles. The highest BCUT2D eigenvalue weighted by Crippen LogP contribution is 2.24. The van der Waals surface area contributed by atoms with E-state index in [0.717, 1.165) is 49.7 Å². The highest BCUT2D eigenvalue weighted by Gasteiger charge is 2.35. The van der Waals surface area contributed by atoms with E-state index in [0.29, 0.717) is 16.8 Å². The van der Waals surface area contributed by atoms with Crippen LogP contribution in [0.5, 0.6) is 0 Å². The highest BCUT2D eigenvalue weighted by molar-refractivity contribution is 6.21. The van der Waals surface area contributed by atoms with E-state index in [1.165, 1.54) is 5.56 Å². The summed E-state index contributed by atoms with van der Waals surface area (Å²) in [5, 5.41) is 2.86. The Hall–Kier alpha value is -3.03. The Kier molecular flexibility index (Phi) is 6.67. The molecule has 7 nitrogen and oxygen atoms in total.